The van der Waals surface area contributed by atoms with Crippen LogP contribution in [0.2, 0.25) is 0 Å². The Morgan fingerprint density at radius 2 is 1.87 bits per heavy atom. The number of anilines is 1. The molecule has 0 aliphatic carbocycles. The van der Waals surface area contributed by atoms with Gasteiger partial charge in [0.25, 0.3) is 5.91 Å². The Labute approximate surface area is 136 Å². The minimum absolute atomic E-state index is 0.0700. The number of amides is 2. The van der Waals surface area contributed by atoms with Crippen molar-refractivity contribution in [2.45, 2.75) is 25.8 Å². The summed E-state index contributed by atoms with van der Waals surface area (Å²) in [5.74, 6) is -0.186. The molecule has 4 heteroatoms. The van der Waals surface area contributed by atoms with E-state index in [0.29, 0.717) is 18.5 Å². The standard InChI is InChI=1S/C19H20N2O2/c1-14-7-5-8-15(13-14)19(23)21-12-6-11-17(21)18(22)20-16-9-3-2-4-10-16/h2-5,7-10,13,17H,6,11-12H2,1H3,(H,20,22)/t17-/m1/s1. The number of nitrogens with one attached hydrogen (secondary N) is 1. The normalized spacial score (nSPS) is 17.1. The van der Waals surface area contributed by atoms with Crippen molar-refractivity contribution in [3.8, 4) is 0 Å². The number of rotatable bonds is 3. The van der Waals surface area contributed by atoms with Gasteiger partial charge in [-0.2, -0.15) is 0 Å². The lowest BCUT2D eigenvalue weighted by molar-refractivity contribution is -0.119. The van der Waals surface area contributed by atoms with Crippen molar-refractivity contribution in [2.75, 3.05) is 11.9 Å². The zero-order valence-corrected chi connectivity index (χ0v) is 13.2. The van der Waals surface area contributed by atoms with Gasteiger partial charge in [-0.15, -0.1) is 0 Å². The van der Waals surface area contributed by atoms with Gasteiger partial charge in [-0.1, -0.05) is 35.9 Å². The highest BCUT2D eigenvalue weighted by atomic mass is 16.2. The molecule has 0 aromatic heterocycles. The Bertz CT molecular complexity index is 712. The Morgan fingerprint density at radius 1 is 1.09 bits per heavy atom. The average Bonchev–Trinajstić information content (AvgIpc) is 3.05. The first-order valence-corrected chi connectivity index (χ1v) is 7.89. The molecule has 118 valence electrons. The highest BCUT2D eigenvalue weighted by Gasteiger charge is 2.34. The number of carbonyl (C=O) groups is 2. The number of para-hydroxylation sites is 1. The maximum atomic E-state index is 12.7. The summed E-state index contributed by atoms with van der Waals surface area (Å²) in [4.78, 5) is 26.9. The number of benzene rings is 2. The van der Waals surface area contributed by atoms with Crippen LogP contribution in [0.1, 0.15) is 28.8 Å². The van der Waals surface area contributed by atoms with Crippen LogP contribution in [0.4, 0.5) is 5.69 Å². The van der Waals surface area contributed by atoms with Crippen molar-refractivity contribution < 1.29 is 9.59 Å². The summed E-state index contributed by atoms with van der Waals surface area (Å²) in [6.07, 6.45) is 1.56. The van der Waals surface area contributed by atoms with Crippen molar-refractivity contribution in [3.05, 3.63) is 65.7 Å². The van der Waals surface area contributed by atoms with E-state index in [2.05, 4.69) is 5.32 Å². The largest absolute Gasteiger partial charge is 0.327 e. The summed E-state index contributed by atoms with van der Waals surface area (Å²) >= 11 is 0. The predicted octanol–water partition coefficient (Wildman–Crippen LogP) is 3.24. The number of hydrogen-bond donors (Lipinski definition) is 1. The zero-order valence-electron chi connectivity index (χ0n) is 13.2. The molecule has 1 fully saturated rings. The van der Waals surface area contributed by atoms with Gasteiger partial charge in [0.05, 0.1) is 0 Å². The van der Waals surface area contributed by atoms with E-state index in [4.69, 9.17) is 0 Å². The molecule has 0 unspecified atom stereocenters. The molecule has 23 heavy (non-hydrogen) atoms. The molecule has 1 aliphatic heterocycles. The van der Waals surface area contributed by atoms with Gasteiger partial charge >= 0.3 is 0 Å². The van der Waals surface area contributed by atoms with Crippen LogP contribution in [0.25, 0.3) is 0 Å². The third-order valence-electron chi connectivity index (χ3n) is 4.12. The van der Waals surface area contributed by atoms with E-state index in [0.717, 1.165) is 17.7 Å². The first kappa shape index (κ1) is 15.3. The molecule has 1 atom stereocenters. The second kappa shape index (κ2) is 6.65. The van der Waals surface area contributed by atoms with Gasteiger partial charge in [-0.3, -0.25) is 9.59 Å². The lowest BCUT2D eigenvalue weighted by atomic mass is 10.1. The molecule has 0 bridgehead atoms. The molecule has 0 spiro atoms. The topological polar surface area (TPSA) is 49.4 Å². The monoisotopic (exact) mass is 308 g/mol. The quantitative estimate of drug-likeness (QED) is 0.946. The van der Waals surface area contributed by atoms with Gasteiger partial charge in [0.1, 0.15) is 6.04 Å². The van der Waals surface area contributed by atoms with E-state index in [1.165, 1.54) is 0 Å². The van der Waals surface area contributed by atoms with Crippen molar-refractivity contribution in [1.82, 2.24) is 4.90 Å². The zero-order chi connectivity index (χ0) is 16.2. The minimum atomic E-state index is -0.400. The molecule has 1 N–H and O–H groups in total. The van der Waals surface area contributed by atoms with Crippen LogP contribution < -0.4 is 5.32 Å². The second-order valence-corrected chi connectivity index (χ2v) is 5.88. The Balaban J connectivity index is 1.74. The van der Waals surface area contributed by atoms with Gasteiger partial charge in [-0.25, -0.2) is 0 Å². The molecular formula is C19H20N2O2. The summed E-state index contributed by atoms with van der Waals surface area (Å²) in [7, 11) is 0. The van der Waals surface area contributed by atoms with Gasteiger partial charge in [-0.05, 0) is 44.0 Å². The fourth-order valence-electron chi connectivity index (χ4n) is 2.97. The molecule has 0 saturated carbocycles. The van der Waals surface area contributed by atoms with Crippen molar-refractivity contribution in [1.29, 1.82) is 0 Å². The van der Waals surface area contributed by atoms with E-state index < -0.39 is 6.04 Å². The second-order valence-electron chi connectivity index (χ2n) is 5.88. The molecule has 0 radical (unpaired) electrons. The van der Waals surface area contributed by atoms with Gasteiger partial charge < -0.3 is 10.2 Å². The molecule has 1 heterocycles. The molecule has 1 saturated heterocycles. The SMILES string of the molecule is Cc1cccc(C(=O)N2CCC[C@@H]2C(=O)Nc2ccccc2)c1. The van der Waals surface area contributed by atoms with Gasteiger partial charge in [0, 0.05) is 17.8 Å². The van der Waals surface area contributed by atoms with Gasteiger partial charge in [0.15, 0.2) is 0 Å². The molecule has 4 nitrogen and oxygen atoms in total. The lowest BCUT2D eigenvalue weighted by Gasteiger charge is -2.24. The summed E-state index contributed by atoms with van der Waals surface area (Å²) in [5.41, 5.74) is 2.44. The van der Waals surface area contributed by atoms with Crippen LogP contribution in [0.15, 0.2) is 54.6 Å². The fraction of sp³-hybridized carbons (Fsp3) is 0.263. The van der Waals surface area contributed by atoms with E-state index in [1.54, 1.807) is 11.0 Å². The van der Waals surface area contributed by atoms with E-state index in [-0.39, 0.29) is 11.8 Å². The number of likely N-dealkylation sites (tertiary alicyclic amines) is 1. The molecule has 1 aliphatic rings. The number of carbonyl (C=O) groups excluding carboxylic acids is 2. The Morgan fingerprint density at radius 3 is 2.61 bits per heavy atom. The third-order valence-corrected chi connectivity index (χ3v) is 4.12. The lowest BCUT2D eigenvalue weighted by Crippen LogP contribution is -2.43. The maximum Gasteiger partial charge on any atom is 0.254 e. The highest BCUT2D eigenvalue weighted by molar-refractivity contribution is 6.01. The summed E-state index contributed by atoms with van der Waals surface area (Å²) in [6, 6.07) is 16.4. The van der Waals surface area contributed by atoms with Crippen LogP contribution in [-0.4, -0.2) is 29.3 Å². The minimum Gasteiger partial charge on any atom is -0.327 e. The van der Waals surface area contributed by atoms with E-state index in [1.807, 2.05) is 55.5 Å². The van der Waals surface area contributed by atoms with Crippen molar-refractivity contribution >= 4 is 17.5 Å². The van der Waals surface area contributed by atoms with Crippen molar-refractivity contribution in [2.24, 2.45) is 0 Å². The van der Waals surface area contributed by atoms with E-state index >= 15 is 0 Å². The molecule has 2 amide bonds. The smallest absolute Gasteiger partial charge is 0.254 e. The molecular weight excluding hydrogens is 288 g/mol. The highest BCUT2D eigenvalue weighted by Crippen LogP contribution is 2.22. The summed E-state index contributed by atoms with van der Waals surface area (Å²) in [5, 5.41) is 2.90. The number of nitrogens with zero attached hydrogens (tertiary/aromatic N) is 1. The first-order chi connectivity index (χ1) is 11.1. The average molecular weight is 308 g/mol. The predicted molar refractivity (Wildman–Crippen MR) is 90.3 cm³/mol. The number of hydrogen-bond acceptors (Lipinski definition) is 2. The molecule has 2 aromatic rings. The van der Waals surface area contributed by atoms with Crippen LogP contribution >= 0.6 is 0 Å². The first-order valence-electron chi connectivity index (χ1n) is 7.89. The summed E-state index contributed by atoms with van der Waals surface area (Å²) in [6.45, 7) is 2.58. The van der Waals surface area contributed by atoms with Crippen LogP contribution in [0.3, 0.4) is 0 Å². The number of aryl methyl sites for hydroxylation is 1. The van der Waals surface area contributed by atoms with Crippen LogP contribution in [0.5, 0.6) is 0 Å². The molecule has 2 aromatic carbocycles. The fourth-order valence-corrected chi connectivity index (χ4v) is 2.97. The summed E-state index contributed by atoms with van der Waals surface area (Å²) < 4.78 is 0. The Kier molecular flexibility index (Phi) is 4.42. The maximum absolute atomic E-state index is 12.7. The van der Waals surface area contributed by atoms with Gasteiger partial charge in [0.2, 0.25) is 5.91 Å². The van der Waals surface area contributed by atoms with Crippen LogP contribution in [0, 0.1) is 6.92 Å². The Hall–Kier alpha value is -2.62. The van der Waals surface area contributed by atoms with Crippen LogP contribution in [-0.2, 0) is 4.79 Å². The van der Waals surface area contributed by atoms with E-state index in [9.17, 15) is 9.59 Å². The third kappa shape index (κ3) is 3.42. The molecule has 3 rings (SSSR count). The van der Waals surface area contributed by atoms with Crippen molar-refractivity contribution in [3.63, 3.8) is 0 Å².